The Morgan fingerprint density at radius 1 is 1.02 bits per heavy atom. The number of hydrogen-bond acceptors (Lipinski definition) is 4. The first-order chi connectivity index (χ1) is 19.9. The number of aryl methyl sites for hydroxylation is 1. The highest BCUT2D eigenvalue weighted by molar-refractivity contribution is 14.1. The molecule has 7 heteroatoms. The fourth-order valence-electron chi connectivity index (χ4n) is 5.70. The van der Waals surface area contributed by atoms with Gasteiger partial charge in [0.2, 0.25) is 0 Å². The molecule has 0 radical (unpaired) electrons. The highest BCUT2D eigenvalue weighted by Crippen LogP contribution is 2.50. The number of anilines is 1. The van der Waals surface area contributed by atoms with Crippen LogP contribution < -0.4 is 14.8 Å². The van der Waals surface area contributed by atoms with Crippen LogP contribution in [0.2, 0.25) is 10.0 Å². The molecule has 3 atom stereocenters. The maximum Gasteiger partial charge on any atom is 0.174 e. The third-order valence-corrected chi connectivity index (χ3v) is 9.16. The Kier molecular flexibility index (Phi) is 8.29. The Balaban J connectivity index is 1.17. The van der Waals surface area contributed by atoms with Crippen molar-refractivity contribution in [2.45, 2.75) is 31.9 Å². The molecule has 0 unspecified atom stereocenters. The molecule has 0 saturated heterocycles. The molecule has 4 nitrogen and oxygen atoms in total. The van der Waals surface area contributed by atoms with Crippen LogP contribution in [0, 0.1) is 16.4 Å². The van der Waals surface area contributed by atoms with Crippen molar-refractivity contribution >= 4 is 63.4 Å². The van der Waals surface area contributed by atoms with E-state index in [0.29, 0.717) is 40.0 Å². The van der Waals surface area contributed by atoms with Gasteiger partial charge >= 0.3 is 0 Å². The average molecular weight is 695 g/mol. The van der Waals surface area contributed by atoms with Gasteiger partial charge in [-0.15, -0.1) is 0 Å². The van der Waals surface area contributed by atoms with Gasteiger partial charge in [0.1, 0.15) is 6.61 Å². The standard InChI is InChI=1S/C34H29Cl2IN2O2/c1-20-6-13-31-28(14-20)26-4-3-5-27(26)33(39-31)22-8-11-25(12-9-22)38-18-21-15-30(37)34(32(16-21)40-2)41-19-23-7-10-24(35)17-29(23)36/h3-4,6-18,26-27,33,39H,5,19H2,1-2H3/t26-,27+,33+/m1/s1. The van der Waals surface area contributed by atoms with E-state index in [1.54, 1.807) is 19.2 Å². The smallest absolute Gasteiger partial charge is 0.174 e. The Hall–Kier alpha value is -3.00. The molecule has 0 fully saturated rings. The van der Waals surface area contributed by atoms with E-state index in [1.807, 2.05) is 24.4 Å². The number of benzene rings is 4. The highest BCUT2D eigenvalue weighted by atomic mass is 127. The lowest BCUT2D eigenvalue weighted by molar-refractivity contribution is 0.282. The summed E-state index contributed by atoms with van der Waals surface area (Å²) in [5.41, 5.74) is 7.92. The van der Waals surface area contributed by atoms with Gasteiger partial charge in [-0.1, -0.05) is 71.2 Å². The zero-order valence-corrected chi connectivity index (χ0v) is 26.4. The lowest BCUT2D eigenvalue weighted by Gasteiger charge is -2.37. The summed E-state index contributed by atoms with van der Waals surface area (Å²) in [7, 11) is 1.64. The number of nitrogens with zero attached hydrogens (tertiary/aromatic N) is 1. The summed E-state index contributed by atoms with van der Waals surface area (Å²) >= 11 is 14.6. The van der Waals surface area contributed by atoms with E-state index in [1.165, 1.54) is 22.4 Å². The fraction of sp³-hybridized carbons (Fsp3) is 0.206. The number of allylic oxidation sites excluding steroid dienone is 2. The summed E-state index contributed by atoms with van der Waals surface area (Å²) < 4.78 is 12.7. The molecule has 208 valence electrons. The van der Waals surface area contributed by atoms with Gasteiger partial charge < -0.3 is 14.8 Å². The quantitative estimate of drug-likeness (QED) is 0.119. The number of fused-ring (bicyclic) bond motifs is 3. The van der Waals surface area contributed by atoms with Crippen LogP contribution in [0.5, 0.6) is 11.5 Å². The fourth-order valence-corrected chi connectivity index (χ4v) is 6.95. The molecule has 0 spiro atoms. The van der Waals surface area contributed by atoms with E-state index in [4.69, 9.17) is 37.7 Å². The van der Waals surface area contributed by atoms with Crippen molar-refractivity contribution in [1.82, 2.24) is 0 Å². The Morgan fingerprint density at radius 2 is 1.85 bits per heavy atom. The van der Waals surface area contributed by atoms with Gasteiger partial charge in [-0.05, 0) is 101 Å². The van der Waals surface area contributed by atoms with Crippen LogP contribution in [-0.4, -0.2) is 13.3 Å². The van der Waals surface area contributed by atoms with Crippen LogP contribution in [0.15, 0.2) is 89.9 Å². The van der Waals surface area contributed by atoms with Gasteiger partial charge in [-0.2, -0.15) is 0 Å². The third kappa shape index (κ3) is 5.99. The van der Waals surface area contributed by atoms with Crippen LogP contribution in [0.4, 0.5) is 11.4 Å². The van der Waals surface area contributed by atoms with E-state index in [2.05, 4.69) is 89.4 Å². The summed E-state index contributed by atoms with van der Waals surface area (Å²) in [6.07, 6.45) is 7.66. The van der Waals surface area contributed by atoms with Crippen LogP contribution >= 0.6 is 45.8 Å². The Labute approximate surface area is 264 Å². The summed E-state index contributed by atoms with van der Waals surface area (Å²) in [6, 6.07) is 24.9. The lowest BCUT2D eigenvalue weighted by Crippen LogP contribution is -2.29. The average Bonchev–Trinajstić information content (AvgIpc) is 3.47. The van der Waals surface area contributed by atoms with Crippen molar-refractivity contribution in [3.63, 3.8) is 0 Å². The first-order valence-electron chi connectivity index (χ1n) is 13.5. The molecule has 0 saturated carbocycles. The first-order valence-corrected chi connectivity index (χ1v) is 15.3. The molecule has 0 aromatic heterocycles. The van der Waals surface area contributed by atoms with Gasteiger partial charge in [0, 0.05) is 33.4 Å². The highest BCUT2D eigenvalue weighted by Gasteiger charge is 2.37. The van der Waals surface area contributed by atoms with Gasteiger partial charge in [-0.3, -0.25) is 4.99 Å². The molecule has 41 heavy (non-hydrogen) atoms. The normalized spacial score (nSPS) is 19.1. The molecular weight excluding hydrogens is 666 g/mol. The minimum Gasteiger partial charge on any atom is -0.493 e. The first kappa shape index (κ1) is 28.1. The molecule has 1 aliphatic heterocycles. The van der Waals surface area contributed by atoms with Gasteiger partial charge in [0.05, 0.1) is 22.4 Å². The number of aliphatic imine (C=N–C) groups is 1. The number of halogens is 3. The second-order valence-electron chi connectivity index (χ2n) is 10.5. The number of rotatable bonds is 7. The summed E-state index contributed by atoms with van der Waals surface area (Å²) in [4.78, 5) is 4.75. The maximum absolute atomic E-state index is 6.32. The van der Waals surface area contributed by atoms with E-state index >= 15 is 0 Å². The van der Waals surface area contributed by atoms with Crippen molar-refractivity contribution in [2.75, 3.05) is 12.4 Å². The van der Waals surface area contributed by atoms with Crippen LogP contribution in [-0.2, 0) is 6.61 Å². The molecule has 4 aromatic carbocycles. The SMILES string of the molecule is COc1cc(C=Nc2ccc([C@@H]3Nc4ccc(C)cc4[C@@H]4C=CC[C@@H]43)cc2)cc(I)c1OCc1ccc(Cl)cc1Cl. The number of nitrogens with one attached hydrogen (secondary N) is 1. The van der Waals surface area contributed by atoms with Crippen LogP contribution in [0.3, 0.4) is 0 Å². The molecule has 1 aliphatic carbocycles. The van der Waals surface area contributed by atoms with Gasteiger partial charge in [-0.25, -0.2) is 0 Å². The molecule has 1 N–H and O–H groups in total. The van der Waals surface area contributed by atoms with Gasteiger partial charge in [0.15, 0.2) is 11.5 Å². The van der Waals surface area contributed by atoms with E-state index in [0.717, 1.165) is 26.8 Å². The molecule has 1 heterocycles. The molecular formula is C34H29Cl2IN2O2. The molecule has 4 aromatic rings. The van der Waals surface area contributed by atoms with Crippen LogP contribution in [0.25, 0.3) is 0 Å². The minimum absolute atomic E-state index is 0.268. The second-order valence-corrected chi connectivity index (χ2v) is 12.5. The lowest BCUT2D eigenvalue weighted by atomic mass is 9.76. The largest absolute Gasteiger partial charge is 0.493 e. The predicted molar refractivity (Wildman–Crippen MR) is 178 cm³/mol. The van der Waals surface area contributed by atoms with E-state index in [-0.39, 0.29) is 6.04 Å². The molecule has 0 bridgehead atoms. The zero-order chi connectivity index (χ0) is 28.5. The third-order valence-electron chi connectivity index (χ3n) is 7.77. The molecule has 0 amide bonds. The second kappa shape index (κ2) is 12.1. The Morgan fingerprint density at radius 3 is 2.63 bits per heavy atom. The maximum atomic E-state index is 6.32. The number of ether oxygens (including phenoxy) is 2. The summed E-state index contributed by atoms with van der Waals surface area (Å²) in [5.74, 6) is 2.28. The number of methoxy groups -OCH3 is 1. The monoisotopic (exact) mass is 694 g/mol. The van der Waals surface area contributed by atoms with Crippen molar-refractivity contribution in [3.8, 4) is 11.5 Å². The minimum atomic E-state index is 0.268. The van der Waals surface area contributed by atoms with Gasteiger partial charge in [0.25, 0.3) is 0 Å². The number of hydrogen-bond donors (Lipinski definition) is 1. The Bertz CT molecular complexity index is 1650. The molecule has 6 rings (SSSR count). The van der Waals surface area contributed by atoms with E-state index < -0.39 is 0 Å². The zero-order valence-electron chi connectivity index (χ0n) is 22.7. The van der Waals surface area contributed by atoms with Crippen molar-refractivity contribution < 1.29 is 9.47 Å². The van der Waals surface area contributed by atoms with Crippen LogP contribution in [0.1, 0.15) is 46.2 Å². The molecule has 2 aliphatic rings. The predicted octanol–water partition coefficient (Wildman–Crippen LogP) is 10.1. The summed E-state index contributed by atoms with van der Waals surface area (Å²) in [5, 5.41) is 4.98. The van der Waals surface area contributed by atoms with Crippen molar-refractivity contribution in [2.24, 2.45) is 10.9 Å². The van der Waals surface area contributed by atoms with Crippen molar-refractivity contribution in [1.29, 1.82) is 0 Å². The topological polar surface area (TPSA) is 42.8 Å². The van der Waals surface area contributed by atoms with Crippen molar-refractivity contribution in [3.05, 3.63) is 126 Å². The van der Waals surface area contributed by atoms with E-state index in [9.17, 15) is 0 Å². The summed E-state index contributed by atoms with van der Waals surface area (Å²) in [6.45, 7) is 2.47.